The van der Waals surface area contributed by atoms with E-state index in [1.807, 2.05) is 42.5 Å². The van der Waals surface area contributed by atoms with Crippen LogP contribution < -0.4 is 10.1 Å². The lowest BCUT2D eigenvalue weighted by Gasteiger charge is -2.08. The van der Waals surface area contributed by atoms with Crippen LogP contribution in [0.15, 0.2) is 81.1 Å². The Bertz CT molecular complexity index is 1190. The molecule has 0 radical (unpaired) electrons. The van der Waals surface area contributed by atoms with Crippen molar-refractivity contribution in [2.24, 2.45) is 0 Å². The van der Waals surface area contributed by atoms with Crippen LogP contribution >= 0.6 is 11.8 Å². The number of amides is 1. The van der Waals surface area contributed by atoms with E-state index in [0.717, 1.165) is 27.3 Å². The van der Waals surface area contributed by atoms with Crippen LogP contribution in [0.1, 0.15) is 16.7 Å². The van der Waals surface area contributed by atoms with Crippen LogP contribution in [0.5, 0.6) is 5.75 Å². The van der Waals surface area contributed by atoms with Gasteiger partial charge in [-0.05, 0) is 73.5 Å². The van der Waals surface area contributed by atoms with Gasteiger partial charge in [0.25, 0.3) is 0 Å². The van der Waals surface area contributed by atoms with E-state index in [4.69, 9.17) is 9.15 Å². The predicted octanol–water partition coefficient (Wildman–Crippen LogP) is 6.39. The second kappa shape index (κ2) is 8.67. The molecule has 30 heavy (non-hydrogen) atoms. The molecule has 0 spiro atoms. The minimum absolute atomic E-state index is 0.0805. The molecule has 1 heterocycles. The van der Waals surface area contributed by atoms with E-state index in [-0.39, 0.29) is 12.3 Å². The molecule has 0 aliphatic rings. The Morgan fingerprint density at radius 3 is 2.47 bits per heavy atom. The maximum absolute atomic E-state index is 12.5. The SMILES string of the molecule is COc1ccc2c(CC(=O)Nc3ccc(Sc4ccc(C)c(C)c4)cc3)coc2c1. The molecular formula is C25H23NO3S. The van der Waals surface area contributed by atoms with Crippen molar-refractivity contribution in [1.82, 2.24) is 0 Å². The van der Waals surface area contributed by atoms with Gasteiger partial charge in [-0.1, -0.05) is 17.8 Å². The fourth-order valence-electron chi connectivity index (χ4n) is 3.23. The van der Waals surface area contributed by atoms with Gasteiger partial charge in [-0.3, -0.25) is 4.79 Å². The monoisotopic (exact) mass is 417 g/mol. The summed E-state index contributed by atoms with van der Waals surface area (Å²) in [6.07, 6.45) is 1.88. The molecule has 1 amide bonds. The minimum atomic E-state index is -0.0805. The maximum Gasteiger partial charge on any atom is 0.228 e. The van der Waals surface area contributed by atoms with E-state index in [1.54, 1.807) is 25.1 Å². The van der Waals surface area contributed by atoms with Gasteiger partial charge < -0.3 is 14.5 Å². The molecule has 0 atom stereocenters. The molecule has 1 N–H and O–H groups in total. The zero-order valence-corrected chi connectivity index (χ0v) is 18.0. The van der Waals surface area contributed by atoms with E-state index in [9.17, 15) is 4.79 Å². The molecule has 4 nitrogen and oxygen atoms in total. The van der Waals surface area contributed by atoms with Crippen LogP contribution in [0.2, 0.25) is 0 Å². The molecule has 1 aromatic heterocycles. The summed E-state index contributed by atoms with van der Waals surface area (Å²) < 4.78 is 10.8. The standard InChI is InChI=1S/C25H23NO3S/c1-16-4-8-22(12-17(16)2)30-21-9-5-19(6-10-21)26-25(27)13-18-15-29-24-14-20(28-3)7-11-23(18)24/h4-12,14-15H,13H2,1-3H3,(H,26,27). The third-order valence-corrected chi connectivity index (χ3v) is 6.06. The first-order valence-corrected chi connectivity index (χ1v) is 10.5. The van der Waals surface area contributed by atoms with Gasteiger partial charge in [-0.25, -0.2) is 0 Å². The summed E-state index contributed by atoms with van der Waals surface area (Å²) in [5.74, 6) is 0.648. The third kappa shape index (κ3) is 4.52. The van der Waals surface area contributed by atoms with Gasteiger partial charge in [-0.2, -0.15) is 0 Å². The fourth-order valence-corrected chi connectivity index (χ4v) is 4.14. The summed E-state index contributed by atoms with van der Waals surface area (Å²) in [5.41, 5.74) is 4.92. The van der Waals surface area contributed by atoms with E-state index >= 15 is 0 Å². The zero-order valence-electron chi connectivity index (χ0n) is 17.2. The minimum Gasteiger partial charge on any atom is -0.497 e. The number of benzene rings is 3. The lowest BCUT2D eigenvalue weighted by atomic mass is 10.1. The highest BCUT2D eigenvalue weighted by Crippen LogP contribution is 2.30. The molecule has 0 saturated carbocycles. The Kier molecular flexibility index (Phi) is 5.81. The number of hydrogen-bond acceptors (Lipinski definition) is 4. The summed E-state index contributed by atoms with van der Waals surface area (Å²) in [6, 6.07) is 20.0. The number of rotatable bonds is 6. The lowest BCUT2D eigenvalue weighted by molar-refractivity contribution is -0.115. The Balaban J connectivity index is 1.39. The highest BCUT2D eigenvalue weighted by atomic mass is 32.2. The van der Waals surface area contributed by atoms with Crippen molar-refractivity contribution in [3.63, 3.8) is 0 Å². The molecular weight excluding hydrogens is 394 g/mol. The van der Waals surface area contributed by atoms with Crippen molar-refractivity contribution >= 4 is 34.3 Å². The lowest BCUT2D eigenvalue weighted by Crippen LogP contribution is -2.14. The quantitative estimate of drug-likeness (QED) is 0.395. The Morgan fingerprint density at radius 1 is 0.967 bits per heavy atom. The van der Waals surface area contributed by atoms with Crippen molar-refractivity contribution in [2.45, 2.75) is 30.1 Å². The first-order valence-electron chi connectivity index (χ1n) is 9.71. The second-order valence-corrected chi connectivity index (χ2v) is 8.37. The highest BCUT2D eigenvalue weighted by Gasteiger charge is 2.12. The van der Waals surface area contributed by atoms with E-state index < -0.39 is 0 Å². The first-order chi connectivity index (χ1) is 14.5. The summed E-state index contributed by atoms with van der Waals surface area (Å²) in [7, 11) is 1.62. The summed E-state index contributed by atoms with van der Waals surface area (Å²) in [4.78, 5) is 14.8. The van der Waals surface area contributed by atoms with Crippen molar-refractivity contribution in [1.29, 1.82) is 0 Å². The molecule has 0 aliphatic heterocycles. The van der Waals surface area contributed by atoms with E-state index in [0.29, 0.717) is 5.58 Å². The number of hydrogen-bond donors (Lipinski definition) is 1. The fraction of sp³-hybridized carbons (Fsp3) is 0.160. The number of fused-ring (bicyclic) bond motifs is 1. The number of methoxy groups -OCH3 is 1. The Morgan fingerprint density at radius 2 is 1.73 bits per heavy atom. The van der Waals surface area contributed by atoms with Gasteiger partial charge in [0.15, 0.2) is 0 Å². The van der Waals surface area contributed by atoms with Gasteiger partial charge in [0.2, 0.25) is 5.91 Å². The number of aryl methyl sites for hydroxylation is 2. The number of carbonyl (C=O) groups excluding carboxylic acids is 1. The summed E-state index contributed by atoms with van der Waals surface area (Å²) in [6.45, 7) is 4.24. The molecule has 4 rings (SSSR count). The molecule has 4 aromatic rings. The predicted molar refractivity (Wildman–Crippen MR) is 122 cm³/mol. The van der Waals surface area contributed by atoms with Crippen LogP contribution in [0.4, 0.5) is 5.69 Å². The van der Waals surface area contributed by atoms with Gasteiger partial charge in [-0.15, -0.1) is 0 Å². The van der Waals surface area contributed by atoms with Crippen LogP contribution in [0.3, 0.4) is 0 Å². The molecule has 0 saturated heterocycles. The average Bonchev–Trinajstić information content (AvgIpc) is 3.14. The maximum atomic E-state index is 12.5. The van der Waals surface area contributed by atoms with Crippen LogP contribution in [0, 0.1) is 13.8 Å². The van der Waals surface area contributed by atoms with Crippen LogP contribution in [0.25, 0.3) is 11.0 Å². The highest BCUT2D eigenvalue weighted by molar-refractivity contribution is 7.99. The topological polar surface area (TPSA) is 51.5 Å². The van der Waals surface area contributed by atoms with Gasteiger partial charge >= 0.3 is 0 Å². The van der Waals surface area contributed by atoms with Gasteiger partial charge in [0, 0.05) is 32.5 Å². The molecule has 152 valence electrons. The second-order valence-electron chi connectivity index (χ2n) is 7.22. The molecule has 5 heteroatoms. The number of carbonyl (C=O) groups is 1. The van der Waals surface area contributed by atoms with Crippen LogP contribution in [-0.4, -0.2) is 13.0 Å². The summed E-state index contributed by atoms with van der Waals surface area (Å²) in [5, 5.41) is 3.88. The smallest absolute Gasteiger partial charge is 0.228 e. The van der Waals surface area contributed by atoms with E-state index in [1.165, 1.54) is 16.0 Å². The number of anilines is 1. The van der Waals surface area contributed by atoms with Crippen molar-refractivity contribution in [2.75, 3.05) is 12.4 Å². The normalized spacial score (nSPS) is 10.9. The first kappa shape index (κ1) is 20.1. The van der Waals surface area contributed by atoms with Crippen molar-refractivity contribution < 1.29 is 13.9 Å². The van der Waals surface area contributed by atoms with Gasteiger partial charge in [0.05, 0.1) is 19.8 Å². The largest absolute Gasteiger partial charge is 0.497 e. The number of nitrogens with one attached hydrogen (secondary N) is 1. The third-order valence-electron chi connectivity index (χ3n) is 5.07. The molecule has 0 bridgehead atoms. The zero-order chi connectivity index (χ0) is 21.1. The molecule has 0 fully saturated rings. The molecule has 0 unspecified atom stereocenters. The van der Waals surface area contributed by atoms with E-state index in [2.05, 4.69) is 37.4 Å². The van der Waals surface area contributed by atoms with Gasteiger partial charge in [0.1, 0.15) is 11.3 Å². The molecule has 0 aliphatic carbocycles. The average molecular weight is 418 g/mol. The summed E-state index contributed by atoms with van der Waals surface area (Å²) >= 11 is 1.71. The molecule has 3 aromatic carbocycles. The Hall–Kier alpha value is -3.18. The number of ether oxygens (including phenoxy) is 1. The Labute approximate surface area is 180 Å². The number of furan rings is 1. The van der Waals surface area contributed by atoms with Crippen LogP contribution in [-0.2, 0) is 11.2 Å². The van der Waals surface area contributed by atoms with Crippen molar-refractivity contribution in [3.05, 3.63) is 83.6 Å². The van der Waals surface area contributed by atoms with Crippen molar-refractivity contribution in [3.8, 4) is 5.75 Å².